The molecular formula is C32H27N3O8. The van der Waals surface area contributed by atoms with Crippen molar-refractivity contribution in [3.8, 4) is 5.75 Å². The highest BCUT2D eigenvalue weighted by Gasteiger charge is 2.40. The van der Waals surface area contributed by atoms with Crippen LogP contribution >= 0.6 is 0 Å². The van der Waals surface area contributed by atoms with Crippen LogP contribution in [0.4, 0.5) is 4.79 Å². The number of carbonyl (C=O) groups excluding carboxylic acids is 2. The normalized spacial score (nSPS) is 15.3. The third-order valence-corrected chi connectivity index (χ3v) is 6.57. The molecule has 1 fully saturated rings. The van der Waals surface area contributed by atoms with Gasteiger partial charge in [-0.2, -0.15) is 0 Å². The molecule has 1 unspecified atom stereocenters. The van der Waals surface area contributed by atoms with E-state index in [0.717, 1.165) is 10.5 Å². The molecule has 5 heterocycles. The number of cyclic esters (lactones) is 1. The molecule has 0 aliphatic carbocycles. The van der Waals surface area contributed by atoms with Crippen molar-refractivity contribution < 1.29 is 36.7 Å². The van der Waals surface area contributed by atoms with E-state index in [1.165, 1.54) is 6.26 Å². The summed E-state index contributed by atoms with van der Waals surface area (Å²) in [5.41, 5.74) is 2.18. The first kappa shape index (κ1) is 27.6. The second-order valence-corrected chi connectivity index (χ2v) is 9.67. The maximum Gasteiger partial charge on any atom is 0.417 e. The Kier molecular flexibility index (Phi) is 8.30. The van der Waals surface area contributed by atoms with Gasteiger partial charge >= 0.3 is 6.09 Å². The van der Waals surface area contributed by atoms with Gasteiger partial charge in [0.05, 0.1) is 24.8 Å². The van der Waals surface area contributed by atoms with Crippen molar-refractivity contribution in [1.82, 2.24) is 14.9 Å². The van der Waals surface area contributed by atoms with E-state index in [0.29, 0.717) is 59.7 Å². The summed E-state index contributed by atoms with van der Waals surface area (Å²) in [5.74, 6) is 2.47. The van der Waals surface area contributed by atoms with E-state index >= 15 is 0 Å². The fourth-order valence-corrected chi connectivity index (χ4v) is 4.40. The Morgan fingerprint density at radius 1 is 0.791 bits per heavy atom. The minimum atomic E-state index is -0.818. The summed E-state index contributed by atoms with van der Waals surface area (Å²) >= 11 is 0. The summed E-state index contributed by atoms with van der Waals surface area (Å²) in [6.07, 6.45) is 13.3. The molecule has 0 saturated carbocycles. The lowest BCUT2D eigenvalue weighted by molar-refractivity contribution is -0.130. The first-order valence-corrected chi connectivity index (χ1v) is 13.6. The van der Waals surface area contributed by atoms with Crippen LogP contribution in [0.5, 0.6) is 5.75 Å². The summed E-state index contributed by atoms with van der Waals surface area (Å²) in [6.45, 7) is 0.241. The fourth-order valence-electron chi connectivity index (χ4n) is 4.40. The summed E-state index contributed by atoms with van der Waals surface area (Å²) in [6, 6.07) is 14.9. The number of imide groups is 1. The molecule has 1 aliphatic heterocycles. The molecule has 0 bridgehead atoms. The largest absolute Gasteiger partial charge is 0.487 e. The minimum Gasteiger partial charge on any atom is -0.487 e. The number of carbonyl (C=O) groups is 2. The molecule has 1 aromatic carbocycles. The van der Waals surface area contributed by atoms with Gasteiger partial charge in [-0.15, -0.1) is 0 Å². The summed E-state index contributed by atoms with van der Waals surface area (Å²) in [4.78, 5) is 34.9. The first-order chi connectivity index (χ1) is 21.1. The molecule has 1 saturated heterocycles. The van der Waals surface area contributed by atoms with Crippen LogP contribution in [0, 0.1) is 0 Å². The van der Waals surface area contributed by atoms with Gasteiger partial charge in [0.15, 0.2) is 6.10 Å². The molecule has 11 nitrogen and oxygen atoms in total. The molecule has 5 aromatic rings. The quantitative estimate of drug-likeness (QED) is 0.149. The van der Waals surface area contributed by atoms with Gasteiger partial charge in [0.25, 0.3) is 5.91 Å². The van der Waals surface area contributed by atoms with Crippen molar-refractivity contribution in [2.24, 2.45) is 0 Å². The third kappa shape index (κ3) is 7.20. The number of hydrogen-bond acceptors (Lipinski definition) is 10. The van der Waals surface area contributed by atoms with Crippen molar-refractivity contribution in [1.29, 1.82) is 0 Å². The Morgan fingerprint density at radius 3 is 2.09 bits per heavy atom. The van der Waals surface area contributed by atoms with Gasteiger partial charge in [-0.25, -0.2) is 19.7 Å². The van der Waals surface area contributed by atoms with Crippen LogP contribution in [0.3, 0.4) is 0 Å². The lowest BCUT2D eigenvalue weighted by Crippen LogP contribution is -2.31. The molecule has 43 heavy (non-hydrogen) atoms. The molecule has 4 aromatic heterocycles. The molecule has 0 radical (unpaired) electrons. The minimum absolute atomic E-state index is 0.0228. The van der Waals surface area contributed by atoms with Crippen LogP contribution in [0.25, 0.3) is 24.3 Å². The number of ether oxygens (including phenoxy) is 2. The highest BCUT2D eigenvalue weighted by molar-refractivity contribution is 5.99. The van der Waals surface area contributed by atoms with E-state index < -0.39 is 12.2 Å². The monoisotopic (exact) mass is 581 g/mol. The molecule has 0 spiro atoms. The number of rotatable bonds is 13. The van der Waals surface area contributed by atoms with E-state index in [1.807, 2.05) is 36.4 Å². The maximum absolute atomic E-state index is 12.8. The number of aromatic nitrogens is 2. The van der Waals surface area contributed by atoms with Crippen LogP contribution in [0.15, 0.2) is 91.3 Å². The van der Waals surface area contributed by atoms with Crippen molar-refractivity contribution in [2.75, 3.05) is 0 Å². The average molecular weight is 582 g/mol. The number of hydrogen-bond donors (Lipinski definition) is 0. The van der Waals surface area contributed by atoms with E-state index in [-0.39, 0.29) is 19.1 Å². The van der Waals surface area contributed by atoms with E-state index in [2.05, 4.69) is 9.97 Å². The number of aryl methyl sites for hydroxylation is 1. The zero-order valence-corrected chi connectivity index (χ0v) is 23.0. The van der Waals surface area contributed by atoms with Crippen molar-refractivity contribution in [2.45, 2.75) is 38.5 Å². The third-order valence-electron chi connectivity index (χ3n) is 6.57. The van der Waals surface area contributed by atoms with Crippen molar-refractivity contribution >= 4 is 36.3 Å². The Bertz CT molecular complexity index is 1690. The predicted octanol–water partition coefficient (Wildman–Crippen LogP) is 6.64. The van der Waals surface area contributed by atoms with Gasteiger partial charge in [-0.05, 0) is 73.4 Å². The van der Waals surface area contributed by atoms with Crippen LogP contribution in [0.1, 0.15) is 53.1 Å². The highest BCUT2D eigenvalue weighted by Crippen LogP contribution is 2.22. The first-order valence-electron chi connectivity index (χ1n) is 13.6. The van der Waals surface area contributed by atoms with Gasteiger partial charge in [0.1, 0.15) is 42.1 Å². The van der Waals surface area contributed by atoms with Gasteiger partial charge in [0.2, 0.25) is 11.8 Å². The van der Waals surface area contributed by atoms with Gasteiger partial charge in [0, 0.05) is 12.2 Å². The summed E-state index contributed by atoms with van der Waals surface area (Å²) in [5, 5.41) is 0. The van der Waals surface area contributed by atoms with E-state index in [1.54, 1.807) is 55.2 Å². The molecule has 1 atom stereocenters. The lowest BCUT2D eigenvalue weighted by Gasteiger charge is -2.09. The average Bonchev–Trinajstić information content (AvgIpc) is 3.86. The van der Waals surface area contributed by atoms with Crippen molar-refractivity contribution in [3.63, 3.8) is 0 Å². The molecule has 0 N–H and O–H groups in total. The second kappa shape index (κ2) is 12.9. The van der Waals surface area contributed by atoms with E-state index in [9.17, 15) is 9.59 Å². The number of oxazole rings is 2. The van der Waals surface area contributed by atoms with Crippen molar-refractivity contribution in [3.05, 3.63) is 114 Å². The molecule has 218 valence electrons. The maximum atomic E-state index is 12.8. The Balaban J connectivity index is 0.928. The SMILES string of the molecule is O=C1OC(CCCc2ccc(OCc3coc(/C=C/c4ccco4)n3)cc2)C(=O)N1Cc1coc(/C=C/c2ccco2)n1. The zero-order valence-electron chi connectivity index (χ0n) is 23.0. The highest BCUT2D eigenvalue weighted by atomic mass is 16.6. The van der Waals surface area contributed by atoms with Gasteiger partial charge in [-0.1, -0.05) is 12.1 Å². The molecule has 6 rings (SSSR count). The second-order valence-electron chi connectivity index (χ2n) is 9.67. The Hall–Kier alpha value is -5.58. The number of amides is 2. The summed E-state index contributed by atoms with van der Waals surface area (Å²) in [7, 11) is 0. The van der Waals surface area contributed by atoms with Crippen LogP contribution < -0.4 is 4.74 Å². The number of furan rings is 2. The number of nitrogens with zero attached hydrogens (tertiary/aromatic N) is 3. The fraction of sp³-hybridized carbons (Fsp3) is 0.188. The van der Waals surface area contributed by atoms with Gasteiger partial charge in [-0.3, -0.25) is 4.79 Å². The zero-order chi connectivity index (χ0) is 29.4. The topological polar surface area (TPSA) is 134 Å². The van der Waals surface area contributed by atoms with Crippen LogP contribution in [-0.2, 0) is 29.1 Å². The summed E-state index contributed by atoms with van der Waals surface area (Å²) < 4.78 is 32.5. The standard InChI is InChI=1S/C32H27N3O8/c36-31-28(43-32(37)35(31)18-23-19-41-29(33-23)14-12-25-5-2-16-38-25)7-1-4-22-8-10-27(11-9-22)40-20-24-21-42-30(34-24)15-13-26-6-3-17-39-26/h2-3,5-6,8-17,19,21,28H,1,4,7,18,20H2/b14-12+,15-13+. The van der Waals surface area contributed by atoms with Gasteiger partial charge < -0.3 is 27.1 Å². The van der Waals surface area contributed by atoms with Crippen LogP contribution in [-0.4, -0.2) is 33.0 Å². The molecule has 1 aliphatic rings. The molecular weight excluding hydrogens is 554 g/mol. The van der Waals surface area contributed by atoms with Crippen LogP contribution in [0.2, 0.25) is 0 Å². The Labute approximate surface area is 246 Å². The predicted molar refractivity (Wildman–Crippen MR) is 153 cm³/mol. The molecule has 2 amide bonds. The van der Waals surface area contributed by atoms with E-state index in [4.69, 9.17) is 27.1 Å². The Morgan fingerprint density at radius 2 is 1.44 bits per heavy atom. The molecule has 11 heteroatoms. The number of benzene rings is 1. The smallest absolute Gasteiger partial charge is 0.417 e. The lowest BCUT2D eigenvalue weighted by atomic mass is 10.1.